The number of aromatic nitrogens is 3. The maximum Gasteiger partial charge on any atom is 0.161 e. The predicted octanol–water partition coefficient (Wildman–Crippen LogP) is 8.27. The molecule has 5 aromatic carbocycles. The van der Waals surface area contributed by atoms with E-state index < -0.39 is 0 Å². The molecule has 0 saturated heterocycles. The van der Waals surface area contributed by atoms with Gasteiger partial charge in [-0.2, -0.15) is 0 Å². The number of nitrogens with one attached hydrogen (secondary N) is 1. The van der Waals surface area contributed by atoms with Crippen molar-refractivity contribution in [3.63, 3.8) is 0 Å². The van der Waals surface area contributed by atoms with E-state index in [9.17, 15) is 0 Å². The maximum atomic E-state index is 5.16. The number of para-hydroxylation sites is 2. The van der Waals surface area contributed by atoms with Crippen LogP contribution in [0.2, 0.25) is 0 Å². The lowest BCUT2D eigenvalue weighted by Crippen LogP contribution is -1.95. The Balaban J connectivity index is 1.45. The molecule has 0 radical (unpaired) electrons. The molecular formula is C32H21N3. The van der Waals surface area contributed by atoms with Crippen LogP contribution >= 0.6 is 0 Å². The summed E-state index contributed by atoms with van der Waals surface area (Å²) >= 11 is 0. The molecule has 35 heavy (non-hydrogen) atoms. The monoisotopic (exact) mass is 447 g/mol. The summed E-state index contributed by atoms with van der Waals surface area (Å²) in [7, 11) is 0. The van der Waals surface area contributed by atoms with Crippen molar-refractivity contribution in [2.75, 3.05) is 0 Å². The number of H-pyrrole nitrogens is 1. The standard InChI is InChI=1S/C32H21N3/c1-2-9-21(10-3-1)22-17-19-23(20-18-22)31-25-12-5-7-15-28(25)34-32(35-31)26-13-8-16-29-30(26)24-11-4-6-14-27(24)33-29/h1-20,33H. The number of hydrogen-bond donors (Lipinski definition) is 1. The third kappa shape index (κ3) is 3.29. The van der Waals surface area contributed by atoms with Crippen molar-refractivity contribution >= 4 is 32.7 Å². The van der Waals surface area contributed by atoms with Gasteiger partial charge in [-0.25, -0.2) is 9.97 Å². The minimum Gasteiger partial charge on any atom is -0.354 e. The number of rotatable bonds is 3. The molecule has 0 unspecified atom stereocenters. The largest absolute Gasteiger partial charge is 0.354 e. The number of benzene rings is 5. The second-order valence-corrected chi connectivity index (χ2v) is 8.76. The zero-order valence-corrected chi connectivity index (χ0v) is 18.9. The summed E-state index contributed by atoms with van der Waals surface area (Å²) in [5.74, 6) is 0.737. The van der Waals surface area contributed by atoms with E-state index >= 15 is 0 Å². The van der Waals surface area contributed by atoms with Crippen molar-refractivity contribution in [2.45, 2.75) is 0 Å². The quantitative estimate of drug-likeness (QED) is 0.296. The molecule has 0 aliphatic carbocycles. The minimum absolute atomic E-state index is 0.737. The van der Waals surface area contributed by atoms with E-state index in [1.54, 1.807) is 0 Å². The Morgan fingerprint density at radius 2 is 1.11 bits per heavy atom. The summed E-state index contributed by atoms with van der Waals surface area (Å²) in [6, 6.07) is 42.1. The highest BCUT2D eigenvalue weighted by atomic mass is 14.9. The molecule has 0 aliphatic rings. The normalized spacial score (nSPS) is 11.4. The maximum absolute atomic E-state index is 5.16. The van der Waals surface area contributed by atoms with Gasteiger partial charge < -0.3 is 4.98 Å². The van der Waals surface area contributed by atoms with Crippen molar-refractivity contribution in [1.29, 1.82) is 0 Å². The summed E-state index contributed by atoms with van der Waals surface area (Å²) in [5.41, 5.74) is 8.61. The Hall–Kier alpha value is -4.76. The molecule has 3 nitrogen and oxygen atoms in total. The molecule has 7 aromatic rings. The first kappa shape index (κ1) is 19.7. The molecule has 7 rings (SSSR count). The van der Waals surface area contributed by atoms with Crippen LogP contribution in [-0.2, 0) is 0 Å². The number of nitrogens with zero attached hydrogens (tertiary/aromatic N) is 2. The Morgan fingerprint density at radius 1 is 0.457 bits per heavy atom. The first-order valence-corrected chi connectivity index (χ1v) is 11.8. The lowest BCUT2D eigenvalue weighted by molar-refractivity contribution is 1.23. The predicted molar refractivity (Wildman–Crippen MR) is 145 cm³/mol. The van der Waals surface area contributed by atoms with Crippen molar-refractivity contribution < 1.29 is 0 Å². The molecule has 0 saturated carbocycles. The first-order valence-electron chi connectivity index (χ1n) is 11.8. The van der Waals surface area contributed by atoms with E-state index in [1.165, 1.54) is 16.5 Å². The molecule has 2 heterocycles. The van der Waals surface area contributed by atoms with E-state index in [1.807, 2.05) is 18.2 Å². The third-order valence-corrected chi connectivity index (χ3v) is 6.64. The summed E-state index contributed by atoms with van der Waals surface area (Å²) < 4.78 is 0. The van der Waals surface area contributed by atoms with Gasteiger partial charge in [0.2, 0.25) is 0 Å². The molecule has 0 fully saturated rings. The molecule has 0 atom stereocenters. The molecular weight excluding hydrogens is 426 g/mol. The van der Waals surface area contributed by atoms with Crippen molar-refractivity contribution in [3.05, 3.63) is 121 Å². The van der Waals surface area contributed by atoms with E-state index in [2.05, 4.69) is 108 Å². The summed E-state index contributed by atoms with van der Waals surface area (Å²) in [5, 5.41) is 3.39. The Bertz CT molecular complexity index is 1830. The average Bonchev–Trinajstić information content (AvgIpc) is 3.32. The van der Waals surface area contributed by atoms with Crippen LogP contribution in [0.1, 0.15) is 0 Å². The molecule has 0 bridgehead atoms. The van der Waals surface area contributed by atoms with Gasteiger partial charge in [0, 0.05) is 38.3 Å². The molecule has 0 spiro atoms. The fraction of sp³-hybridized carbons (Fsp3) is 0. The molecule has 0 aliphatic heterocycles. The van der Waals surface area contributed by atoms with Gasteiger partial charge in [-0.3, -0.25) is 0 Å². The fourth-order valence-electron chi connectivity index (χ4n) is 4.96. The average molecular weight is 448 g/mol. The van der Waals surface area contributed by atoms with Crippen molar-refractivity contribution in [3.8, 4) is 33.8 Å². The van der Waals surface area contributed by atoms with E-state index in [0.717, 1.165) is 50.0 Å². The molecule has 1 N–H and O–H groups in total. The third-order valence-electron chi connectivity index (χ3n) is 6.64. The zero-order chi connectivity index (χ0) is 23.2. The van der Waals surface area contributed by atoms with E-state index in [4.69, 9.17) is 9.97 Å². The molecule has 0 amide bonds. The Morgan fingerprint density at radius 3 is 1.97 bits per heavy atom. The highest BCUT2D eigenvalue weighted by Gasteiger charge is 2.15. The SMILES string of the molecule is c1ccc(-c2ccc(-c3nc(-c4cccc5[nH]c6ccccc6c45)nc4ccccc34)cc2)cc1. The lowest BCUT2D eigenvalue weighted by atomic mass is 10.0. The van der Waals surface area contributed by atoms with Gasteiger partial charge in [0.25, 0.3) is 0 Å². The molecule has 164 valence electrons. The fourth-order valence-corrected chi connectivity index (χ4v) is 4.96. The van der Waals surface area contributed by atoms with E-state index in [0.29, 0.717) is 0 Å². The van der Waals surface area contributed by atoms with Gasteiger partial charge in [-0.1, -0.05) is 103 Å². The zero-order valence-electron chi connectivity index (χ0n) is 18.9. The van der Waals surface area contributed by atoms with Gasteiger partial charge in [-0.15, -0.1) is 0 Å². The minimum atomic E-state index is 0.737. The van der Waals surface area contributed by atoms with Crippen molar-refractivity contribution in [1.82, 2.24) is 15.0 Å². The Kier molecular flexibility index (Phi) is 4.46. The van der Waals surface area contributed by atoms with Crippen LogP contribution in [0.25, 0.3) is 66.5 Å². The van der Waals surface area contributed by atoms with Crippen LogP contribution < -0.4 is 0 Å². The summed E-state index contributed by atoms with van der Waals surface area (Å²) in [4.78, 5) is 13.7. The second kappa shape index (κ2) is 7.93. The van der Waals surface area contributed by atoms with Gasteiger partial charge >= 0.3 is 0 Å². The number of fused-ring (bicyclic) bond motifs is 4. The van der Waals surface area contributed by atoms with Gasteiger partial charge in [0.05, 0.1) is 11.2 Å². The smallest absolute Gasteiger partial charge is 0.161 e. The topological polar surface area (TPSA) is 41.6 Å². The van der Waals surface area contributed by atoms with Crippen LogP contribution in [0.15, 0.2) is 121 Å². The number of aromatic amines is 1. The number of hydrogen-bond acceptors (Lipinski definition) is 2. The second-order valence-electron chi connectivity index (χ2n) is 8.76. The first-order chi connectivity index (χ1) is 17.3. The summed E-state index contributed by atoms with van der Waals surface area (Å²) in [6.45, 7) is 0. The molecule has 3 heteroatoms. The lowest BCUT2D eigenvalue weighted by Gasteiger charge is -2.11. The van der Waals surface area contributed by atoms with Crippen LogP contribution in [0.4, 0.5) is 0 Å². The van der Waals surface area contributed by atoms with Crippen molar-refractivity contribution in [2.24, 2.45) is 0 Å². The van der Waals surface area contributed by atoms with E-state index in [-0.39, 0.29) is 0 Å². The van der Waals surface area contributed by atoms with Gasteiger partial charge in [0.15, 0.2) is 5.82 Å². The highest BCUT2D eigenvalue weighted by molar-refractivity contribution is 6.13. The van der Waals surface area contributed by atoms with Crippen LogP contribution in [0.5, 0.6) is 0 Å². The van der Waals surface area contributed by atoms with Crippen LogP contribution in [-0.4, -0.2) is 15.0 Å². The van der Waals surface area contributed by atoms with Gasteiger partial charge in [-0.05, 0) is 29.3 Å². The molecule has 2 aromatic heterocycles. The Labute approximate surface area is 202 Å². The highest BCUT2D eigenvalue weighted by Crippen LogP contribution is 2.36. The summed E-state index contributed by atoms with van der Waals surface area (Å²) in [6.07, 6.45) is 0. The van der Waals surface area contributed by atoms with Gasteiger partial charge in [0.1, 0.15) is 0 Å². The van der Waals surface area contributed by atoms with Crippen LogP contribution in [0.3, 0.4) is 0 Å². The van der Waals surface area contributed by atoms with Crippen LogP contribution in [0, 0.1) is 0 Å².